The number of hydrogen-bond acceptors (Lipinski definition) is 9. The minimum atomic E-state index is -4.04. The number of nitrogens with one attached hydrogen (secondary N) is 1. The molecule has 2 heterocycles. The van der Waals surface area contributed by atoms with Crippen molar-refractivity contribution < 1.29 is 47.8 Å². The summed E-state index contributed by atoms with van der Waals surface area (Å²) in [4.78, 5) is 18.5. The topological polar surface area (TPSA) is 201 Å². The van der Waals surface area contributed by atoms with Gasteiger partial charge in [0.05, 0.1) is 43.6 Å². The van der Waals surface area contributed by atoms with Crippen molar-refractivity contribution in [3.8, 4) is 0 Å². The van der Waals surface area contributed by atoms with E-state index >= 15 is 0 Å². The summed E-state index contributed by atoms with van der Waals surface area (Å²) in [5.74, 6) is 0. The van der Waals surface area contributed by atoms with E-state index in [2.05, 4.69) is 28.0 Å². The van der Waals surface area contributed by atoms with Crippen molar-refractivity contribution in [1.29, 1.82) is 0 Å². The predicted molar refractivity (Wildman–Crippen MR) is 201 cm³/mol. The van der Waals surface area contributed by atoms with E-state index < -0.39 is 52.1 Å². The quantitative estimate of drug-likeness (QED) is 0.0285. The Kier molecular flexibility index (Phi) is 28.3. The van der Waals surface area contributed by atoms with Crippen molar-refractivity contribution in [2.24, 2.45) is 5.73 Å². The van der Waals surface area contributed by atoms with E-state index in [1.165, 1.54) is 122 Å². The molecular weight excluding hydrogens is 682 g/mol. The van der Waals surface area contributed by atoms with Gasteiger partial charge in [-0.25, -0.2) is 14.2 Å². The van der Waals surface area contributed by atoms with Crippen LogP contribution in [0.3, 0.4) is 0 Å². The van der Waals surface area contributed by atoms with Gasteiger partial charge >= 0.3 is 15.6 Å². The Morgan fingerprint density at radius 3 is 1.42 bits per heavy atom. The smallest absolute Gasteiger partial charge is 0.390 e. The molecule has 12 nitrogen and oxygen atoms in total. The molecule has 0 aromatic carbocycles. The molecule has 0 spiro atoms. The van der Waals surface area contributed by atoms with E-state index in [-0.39, 0.29) is 13.2 Å². The highest BCUT2D eigenvalue weighted by molar-refractivity contribution is 7.50. The Hall–Kier alpha value is 0.0600. The number of phosphoric ester groups is 1. The number of aliphatic hydroxyl groups is 3. The van der Waals surface area contributed by atoms with Gasteiger partial charge < -0.3 is 30.8 Å². The maximum Gasteiger partial charge on any atom is 0.472 e. The zero-order valence-electron chi connectivity index (χ0n) is 31.5. The fraction of sp³-hybridized carbons (Fsp3) is 1.00. The van der Waals surface area contributed by atoms with Crippen molar-refractivity contribution in [2.45, 2.75) is 217 Å². The minimum Gasteiger partial charge on any atom is -0.390 e. The summed E-state index contributed by atoms with van der Waals surface area (Å²) in [5.41, 5.74) is 5.80. The van der Waals surface area contributed by atoms with Crippen LogP contribution in [0.4, 0.5) is 0 Å². The van der Waals surface area contributed by atoms with Crippen molar-refractivity contribution in [3.63, 3.8) is 0 Å². The first-order valence-corrected chi connectivity index (χ1v) is 23.2. The van der Waals surface area contributed by atoms with Gasteiger partial charge in [-0.1, -0.05) is 168 Å². The Balaban J connectivity index is 0.000000500. The first kappa shape index (κ1) is 48.1. The molecule has 50 heavy (non-hydrogen) atoms. The lowest BCUT2D eigenvalue weighted by molar-refractivity contribution is -0.0429. The maximum absolute atomic E-state index is 11.4. The molecule has 2 rings (SSSR count). The van der Waals surface area contributed by atoms with Gasteiger partial charge in [0.2, 0.25) is 0 Å². The van der Waals surface area contributed by atoms with Crippen molar-refractivity contribution >= 4 is 15.6 Å². The van der Waals surface area contributed by atoms with Gasteiger partial charge in [-0.05, 0) is 12.8 Å². The van der Waals surface area contributed by atoms with Crippen LogP contribution in [0.5, 0.6) is 0 Å². The van der Waals surface area contributed by atoms with Crippen LogP contribution in [0.25, 0.3) is 0 Å². The normalized spacial score (nSPS) is 27.1. The number of aliphatic hydroxyl groups excluding tert-OH is 3. The second-order valence-electron chi connectivity index (χ2n) is 14.5. The molecule has 300 valence electrons. The Morgan fingerprint density at radius 2 is 1.02 bits per heavy atom. The molecule has 2 saturated heterocycles. The van der Waals surface area contributed by atoms with Crippen LogP contribution >= 0.6 is 15.6 Å². The summed E-state index contributed by atoms with van der Waals surface area (Å²) >= 11 is 0. The molecule has 0 aliphatic carbocycles. The highest BCUT2D eigenvalue weighted by atomic mass is 31.2. The van der Waals surface area contributed by atoms with Crippen LogP contribution in [0.15, 0.2) is 0 Å². The van der Waals surface area contributed by atoms with Crippen LogP contribution in [-0.4, -0.2) is 74.8 Å². The van der Waals surface area contributed by atoms with Crippen molar-refractivity contribution in [3.05, 3.63) is 0 Å². The van der Waals surface area contributed by atoms with Gasteiger partial charge in [-0.15, -0.1) is 0 Å². The molecule has 2 fully saturated rings. The first-order valence-electron chi connectivity index (χ1n) is 20.1. The van der Waals surface area contributed by atoms with E-state index in [0.717, 1.165) is 32.1 Å². The number of nitrogens with two attached hydrogens (primary N) is 1. The lowest BCUT2D eigenvalue weighted by Crippen LogP contribution is -2.49. The molecule has 14 heteroatoms. The van der Waals surface area contributed by atoms with Gasteiger partial charge in [0.1, 0.15) is 6.10 Å². The Morgan fingerprint density at radius 1 is 0.620 bits per heavy atom. The molecular formula is C36H76N2O10P2. The van der Waals surface area contributed by atoms with Gasteiger partial charge in [-0.3, -0.25) is 13.6 Å². The Labute approximate surface area is 304 Å². The van der Waals surface area contributed by atoms with Crippen molar-refractivity contribution in [1.82, 2.24) is 5.09 Å². The summed E-state index contributed by atoms with van der Waals surface area (Å²) < 4.78 is 36.9. The third kappa shape index (κ3) is 24.4. The molecule has 2 aliphatic heterocycles. The molecule has 0 aromatic rings. The molecule has 2 unspecified atom stereocenters. The molecule has 0 aromatic heterocycles. The average Bonchev–Trinajstić information content (AvgIpc) is 3.45. The second-order valence-corrected chi connectivity index (χ2v) is 17.5. The van der Waals surface area contributed by atoms with E-state index in [4.69, 9.17) is 10.3 Å². The molecule has 0 saturated carbocycles. The third-order valence-electron chi connectivity index (χ3n) is 9.76. The van der Waals surface area contributed by atoms with Gasteiger partial charge in [0.15, 0.2) is 0 Å². The lowest BCUT2D eigenvalue weighted by atomic mass is 10.00. The summed E-state index contributed by atoms with van der Waals surface area (Å²) in [7, 11) is -7.82. The molecule has 0 radical (unpaired) electrons. The van der Waals surface area contributed by atoms with Crippen LogP contribution in [0.1, 0.15) is 181 Å². The number of rotatable bonds is 29. The molecule has 0 amide bonds. The Bertz CT molecular complexity index is 905. The second kappa shape index (κ2) is 29.4. The van der Waals surface area contributed by atoms with Crippen LogP contribution < -0.4 is 10.8 Å². The van der Waals surface area contributed by atoms with Crippen LogP contribution in [0, 0.1) is 0 Å². The SMILES string of the molecule is CCCCCCCCCCCCCC[C@@H](O)[C@@H](O)[C@@H]1COP(=O)(O)N1.CCCCCCCCCCCCCC[C@@H](O)[C@H]1OP(=O)(O)OC[C@@H]1N. The molecule has 2 aliphatic rings. The maximum atomic E-state index is 11.4. The van der Waals surface area contributed by atoms with Crippen molar-refractivity contribution in [2.75, 3.05) is 13.2 Å². The number of unbranched alkanes of at least 4 members (excludes halogenated alkanes) is 22. The van der Waals surface area contributed by atoms with E-state index in [1.807, 2.05) is 0 Å². The number of hydrogen-bond donors (Lipinski definition) is 7. The third-order valence-corrected chi connectivity index (χ3v) is 11.9. The largest absolute Gasteiger partial charge is 0.472 e. The van der Waals surface area contributed by atoms with E-state index in [1.54, 1.807) is 0 Å². The van der Waals surface area contributed by atoms with Crippen LogP contribution in [-0.2, 0) is 22.7 Å². The standard InChI is InChI=1S/2C18H38NO5P/c1-2-3-4-5-6-7-8-9-10-11-12-13-14-17(20)18-16(19)15-23-25(21,22)24-18;1-2-3-4-5-6-7-8-9-10-11-12-13-14-17(20)18(21)16-15-24-25(22,23)19-16/h16-18,20H,2-15,19H2,1H3,(H,21,22);16-18,20-21H,2-15H2,1H3,(H2,19,22,23)/t2*16-,17+,18-/m00/s1. The molecule has 8 atom stereocenters. The summed E-state index contributed by atoms with van der Waals surface area (Å²) in [6.45, 7) is 4.38. The van der Waals surface area contributed by atoms with E-state index in [9.17, 15) is 34.2 Å². The van der Waals surface area contributed by atoms with Gasteiger partial charge in [0, 0.05) is 0 Å². The van der Waals surface area contributed by atoms with Gasteiger partial charge in [-0.2, -0.15) is 0 Å². The fourth-order valence-corrected chi connectivity index (χ4v) is 8.64. The zero-order valence-corrected chi connectivity index (χ0v) is 33.3. The minimum absolute atomic E-state index is 0.0511. The monoisotopic (exact) mass is 758 g/mol. The summed E-state index contributed by atoms with van der Waals surface area (Å²) in [6, 6.07) is -1.25. The fourth-order valence-electron chi connectivity index (χ4n) is 6.53. The summed E-state index contributed by atoms with van der Waals surface area (Å²) in [5, 5.41) is 32.5. The lowest BCUT2D eigenvalue weighted by Gasteiger charge is -2.33. The average molecular weight is 759 g/mol. The predicted octanol–water partition coefficient (Wildman–Crippen LogP) is 8.17. The van der Waals surface area contributed by atoms with Crippen LogP contribution in [0.2, 0.25) is 0 Å². The summed E-state index contributed by atoms with van der Waals surface area (Å²) in [6.07, 6.45) is 27.6. The van der Waals surface area contributed by atoms with E-state index in [0.29, 0.717) is 12.8 Å². The highest BCUT2D eigenvalue weighted by Crippen LogP contribution is 2.48. The number of phosphoric acid groups is 1. The van der Waals surface area contributed by atoms with Gasteiger partial charge in [0.25, 0.3) is 0 Å². The highest BCUT2D eigenvalue weighted by Gasteiger charge is 2.41. The first-order chi connectivity index (χ1) is 23.9. The molecule has 8 N–H and O–H groups in total. The molecule has 0 bridgehead atoms. The zero-order chi connectivity index (χ0) is 37.1.